The van der Waals surface area contributed by atoms with Crippen molar-refractivity contribution < 1.29 is 4.79 Å². The molecule has 1 aliphatic rings. The molecule has 1 fully saturated rings. The van der Waals surface area contributed by atoms with Gasteiger partial charge in [0.2, 0.25) is 0 Å². The van der Waals surface area contributed by atoms with Gasteiger partial charge in [-0.05, 0) is 30.5 Å². The second kappa shape index (κ2) is 3.92. The van der Waals surface area contributed by atoms with Gasteiger partial charge in [-0.15, -0.1) is 0 Å². The second-order valence-electron chi connectivity index (χ2n) is 3.62. The van der Waals surface area contributed by atoms with Gasteiger partial charge in [0.25, 0.3) is 0 Å². The van der Waals surface area contributed by atoms with Gasteiger partial charge in [-0.2, -0.15) is 0 Å². The van der Waals surface area contributed by atoms with Gasteiger partial charge in [0, 0.05) is 22.4 Å². The number of hydrogen-bond acceptors (Lipinski definition) is 1. The van der Waals surface area contributed by atoms with E-state index in [0.29, 0.717) is 16.5 Å². The predicted octanol–water partition coefficient (Wildman–Crippen LogP) is 3.52. The summed E-state index contributed by atoms with van der Waals surface area (Å²) in [5.74, 6) is 0.530. The minimum atomic E-state index is 0.264. The first-order valence-corrected chi connectivity index (χ1v) is 5.39. The first-order valence-electron chi connectivity index (χ1n) is 4.64. The van der Waals surface area contributed by atoms with E-state index in [1.165, 1.54) is 0 Å². The zero-order valence-corrected chi connectivity index (χ0v) is 9.11. The van der Waals surface area contributed by atoms with E-state index in [4.69, 9.17) is 23.2 Å². The molecule has 0 heterocycles. The van der Waals surface area contributed by atoms with Crippen LogP contribution in [0.5, 0.6) is 0 Å². The van der Waals surface area contributed by atoms with E-state index in [2.05, 4.69) is 0 Å². The number of hydrogen-bond donors (Lipinski definition) is 0. The van der Waals surface area contributed by atoms with Crippen molar-refractivity contribution in [1.82, 2.24) is 0 Å². The lowest BCUT2D eigenvalue weighted by molar-refractivity contribution is -0.119. The fourth-order valence-electron chi connectivity index (χ4n) is 1.43. The van der Waals surface area contributed by atoms with Crippen LogP contribution >= 0.6 is 23.2 Å². The monoisotopic (exact) mass is 228 g/mol. The van der Waals surface area contributed by atoms with Crippen molar-refractivity contribution >= 4 is 29.0 Å². The van der Waals surface area contributed by atoms with Crippen LogP contribution in [0.1, 0.15) is 18.4 Å². The molecule has 0 atom stereocenters. The number of carbonyl (C=O) groups is 1. The Morgan fingerprint density at radius 3 is 2.36 bits per heavy atom. The van der Waals surface area contributed by atoms with Crippen LogP contribution in [0, 0.1) is 5.92 Å². The van der Waals surface area contributed by atoms with E-state index < -0.39 is 0 Å². The molecule has 1 aromatic carbocycles. The molecule has 0 N–H and O–H groups in total. The maximum absolute atomic E-state index is 11.6. The van der Waals surface area contributed by atoms with Gasteiger partial charge in [-0.1, -0.05) is 29.3 Å². The molecule has 0 radical (unpaired) electrons. The van der Waals surface area contributed by atoms with Crippen LogP contribution < -0.4 is 0 Å². The van der Waals surface area contributed by atoms with Crippen molar-refractivity contribution in [3.05, 3.63) is 33.8 Å². The molecule has 0 unspecified atom stereocenters. The smallest absolute Gasteiger partial charge is 0.140 e. The molecule has 0 amide bonds. The summed E-state index contributed by atoms with van der Waals surface area (Å²) in [5.41, 5.74) is 0.771. The van der Waals surface area contributed by atoms with Gasteiger partial charge in [0.15, 0.2) is 0 Å². The van der Waals surface area contributed by atoms with E-state index in [-0.39, 0.29) is 11.7 Å². The van der Waals surface area contributed by atoms with Crippen molar-refractivity contribution in [2.24, 2.45) is 5.92 Å². The fourth-order valence-corrected chi connectivity index (χ4v) is 1.96. The lowest BCUT2D eigenvalue weighted by Gasteiger charge is -2.04. The number of benzene rings is 1. The average molecular weight is 229 g/mol. The van der Waals surface area contributed by atoms with Crippen LogP contribution in [0.3, 0.4) is 0 Å². The maximum Gasteiger partial charge on any atom is 0.140 e. The van der Waals surface area contributed by atoms with Gasteiger partial charge in [0.05, 0.1) is 0 Å². The number of halogens is 2. The zero-order chi connectivity index (χ0) is 10.1. The van der Waals surface area contributed by atoms with Gasteiger partial charge in [-0.3, -0.25) is 4.79 Å². The van der Waals surface area contributed by atoms with E-state index in [9.17, 15) is 4.79 Å². The lowest BCUT2D eigenvalue weighted by Crippen LogP contribution is -2.05. The Morgan fingerprint density at radius 1 is 1.29 bits per heavy atom. The highest BCUT2D eigenvalue weighted by Crippen LogP contribution is 2.33. The molecule has 3 heteroatoms. The van der Waals surface area contributed by atoms with Crippen molar-refractivity contribution in [3.8, 4) is 0 Å². The molecule has 1 aromatic rings. The highest BCUT2D eigenvalue weighted by atomic mass is 35.5. The number of rotatable bonds is 3. The second-order valence-corrected chi connectivity index (χ2v) is 4.43. The number of Topliss-reactive ketones (excluding diaryl/α,β-unsaturated/α-hetero) is 1. The summed E-state index contributed by atoms with van der Waals surface area (Å²) in [4.78, 5) is 11.6. The molecule has 1 aliphatic carbocycles. The summed E-state index contributed by atoms with van der Waals surface area (Å²) in [5, 5.41) is 1.18. The standard InChI is InChI=1S/C11H10Cl2O/c12-9-2-1-3-10(13)8(9)6-11(14)7-4-5-7/h1-3,7H,4-6H2. The average Bonchev–Trinajstić information content (AvgIpc) is 2.94. The third kappa shape index (κ3) is 2.10. The van der Waals surface area contributed by atoms with Crippen LogP contribution in [0.25, 0.3) is 0 Å². The summed E-state index contributed by atoms with van der Waals surface area (Å²) < 4.78 is 0. The highest BCUT2D eigenvalue weighted by Gasteiger charge is 2.29. The molecule has 1 saturated carbocycles. The summed E-state index contributed by atoms with van der Waals surface area (Å²) in [6.45, 7) is 0. The van der Waals surface area contributed by atoms with Crippen molar-refractivity contribution in [2.75, 3.05) is 0 Å². The minimum absolute atomic E-state index is 0.264. The van der Waals surface area contributed by atoms with Crippen LogP contribution in [0.15, 0.2) is 18.2 Å². The molecular weight excluding hydrogens is 219 g/mol. The molecule has 0 spiro atoms. The SMILES string of the molecule is O=C(Cc1c(Cl)cccc1Cl)C1CC1. The maximum atomic E-state index is 11.6. The molecule has 0 aromatic heterocycles. The molecular formula is C11H10Cl2O. The van der Waals surface area contributed by atoms with Gasteiger partial charge >= 0.3 is 0 Å². The molecule has 0 saturated heterocycles. The zero-order valence-electron chi connectivity index (χ0n) is 7.59. The van der Waals surface area contributed by atoms with Gasteiger partial charge in [-0.25, -0.2) is 0 Å². The topological polar surface area (TPSA) is 17.1 Å². The van der Waals surface area contributed by atoms with Crippen LogP contribution in [0.2, 0.25) is 10.0 Å². The van der Waals surface area contributed by atoms with Gasteiger partial charge in [0.1, 0.15) is 5.78 Å². The summed E-state index contributed by atoms with van der Waals surface area (Å²) in [7, 11) is 0. The molecule has 0 bridgehead atoms. The Bertz CT molecular complexity index is 349. The number of carbonyl (C=O) groups excluding carboxylic acids is 1. The molecule has 14 heavy (non-hydrogen) atoms. The van der Waals surface area contributed by atoms with E-state index in [1.807, 2.05) is 0 Å². The Kier molecular flexibility index (Phi) is 2.80. The molecule has 74 valence electrons. The Morgan fingerprint density at radius 2 is 1.86 bits per heavy atom. The van der Waals surface area contributed by atoms with Crippen LogP contribution in [-0.4, -0.2) is 5.78 Å². The number of ketones is 1. The Balaban J connectivity index is 2.18. The lowest BCUT2D eigenvalue weighted by atomic mass is 10.1. The normalized spacial score (nSPS) is 15.6. The van der Waals surface area contributed by atoms with E-state index in [1.54, 1.807) is 18.2 Å². The summed E-state index contributed by atoms with van der Waals surface area (Å²) >= 11 is 11.9. The van der Waals surface area contributed by atoms with E-state index >= 15 is 0 Å². The third-order valence-corrected chi connectivity index (χ3v) is 3.15. The third-order valence-electron chi connectivity index (χ3n) is 2.45. The minimum Gasteiger partial charge on any atom is -0.299 e. The molecule has 0 aliphatic heterocycles. The van der Waals surface area contributed by atoms with E-state index in [0.717, 1.165) is 18.4 Å². The predicted molar refractivity (Wildman–Crippen MR) is 57.9 cm³/mol. The van der Waals surface area contributed by atoms with Crippen molar-refractivity contribution in [1.29, 1.82) is 0 Å². The first kappa shape index (κ1) is 10.0. The van der Waals surface area contributed by atoms with Crippen molar-refractivity contribution in [2.45, 2.75) is 19.3 Å². The quantitative estimate of drug-likeness (QED) is 0.774. The van der Waals surface area contributed by atoms with Crippen molar-refractivity contribution in [3.63, 3.8) is 0 Å². The largest absolute Gasteiger partial charge is 0.299 e. The van der Waals surface area contributed by atoms with Crippen LogP contribution in [0.4, 0.5) is 0 Å². The molecule has 2 rings (SSSR count). The first-order chi connectivity index (χ1) is 6.68. The fraction of sp³-hybridized carbons (Fsp3) is 0.364. The summed E-state index contributed by atoms with van der Waals surface area (Å²) in [6, 6.07) is 5.32. The van der Waals surface area contributed by atoms with Crippen LogP contribution in [-0.2, 0) is 11.2 Å². The van der Waals surface area contributed by atoms with Gasteiger partial charge < -0.3 is 0 Å². The molecule has 1 nitrogen and oxygen atoms in total. The summed E-state index contributed by atoms with van der Waals surface area (Å²) in [6.07, 6.45) is 2.44. The Hall–Kier alpha value is -0.530. The Labute approximate surface area is 93.0 Å². The highest BCUT2D eigenvalue weighted by molar-refractivity contribution is 6.36.